The summed E-state index contributed by atoms with van der Waals surface area (Å²) in [6, 6.07) is 14.5. The molecule has 0 unspecified atom stereocenters. The highest BCUT2D eigenvalue weighted by Gasteiger charge is 2.27. The Kier molecular flexibility index (Phi) is 4.79. The number of rotatable bonds is 4. The third-order valence-corrected chi connectivity index (χ3v) is 4.02. The third kappa shape index (κ3) is 3.85. The van der Waals surface area contributed by atoms with Crippen molar-refractivity contribution in [2.24, 2.45) is 0 Å². The number of nitrogens with zero attached hydrogens (tertiary/aromatic N) is 1. The van der Waals surface area contributed by atoms with Gasteiger partial charge in [-0.2, -0.15) is 0 Å². The first-order valence-electron chi connectivity index (χ1n) is 7.94. The maximum absolute atomic E-state index is 12.4. The van der Waals surface area contributed by atoms with E-state index in [0.717, 1.165) is 11.1 Å². The average Bonchev–Trinajstić information content (AvgIpc) is 2.61. The maximum atomic E-state index is 12.4. The number of esters is 1. The molecule has 1 heterocycles. The van der Waals surface area contributed by atoms with E-state index in [0.29, 0.717) is 11.4 Å². The van der Waals surface area contributed by atoms with Crippen molar-refractivity contribution in [1.29, 1.82) is 0 Å². The number of carbonyl (C=O) groups excluding carboxylic acids is 3. The molecule has 3 rings (SSSR count). The van der Waals surface area contributed by atoms with Crippen LogP contribution in [0.2, 0.25) is 0 Å². The first-order valence-corrected chi connectivity index (χ1v) is 7.94. The van der Waals surface area contributed by atoms with E-state index >= 15 is 0 Å². The van der Waals surface area contributed by atoms with Gasteiger partial charge in [0.1, 0.15) is 6.54 Å². The van der Waals surface area contributed by atoms with Gasteiger partial charge in [-0.15, -0.1) is 0 Å². The van der Waals surface area contributed by atoms with Crippen LogP contribution in [0.5, 0.6) is 0 Å². The summed E-state index contributed by atoms with van der Waals surface area (Å²) in [5, 5.41) is 2.71. The topological polar surface area (TPSA) is 75.7 Å². The van der Waals surface area contributed by atoms with E-state index in [1.807, 2.05) is 31.2 Å². The summed E-state index contributed by atoms with van der Waals surface area (Å²) < 4.78 is 5.10. The number of hydrogen-bond donors (Lipinski definition) is 1. The van der Waals surface area contributed by atoms with Crippen molar-refractivity contribution in [1.82, 2.24) is 0 Å². The van der Waals surface area contributed by atoms with Crippen LogP contribution in [0.3, 0.4) is 0 Å². The molecular formula is C19H18N2O4. The minimum atomic E-state index is -0.475. The second-order valence-corrected chi connectivity index (χ2v) is 5.81. The predicted octanol–water partition coefficient (Wildman–Crippen LogP) is 2.07. The summed E-state index contributed by atoms with van der Waals surface area (Å²) in [5.41, 5.74) is 3.02. The van der Waals surface area contributed by atoms with Crippen molar-refractivity contribution in [2.75, 3.05) is 23.4 Å². The Bertz CT molecular complexity index is 832. The fourth-order valence-electron chi connectivity index (χ4n) is 2.69. The van der Waals surface area contributed by atoms with Crippen LogP contribution in [0.1, 0.15) is 11.1 Å². The molecule has 2 aromatic carbocycles. The van der Waals surface area contributed by atoms with Crippen LogP contribution in [-0.4, -0.2) is 30.9 Å². The zero-order chi connectivity index (χ0) is 17.8. The molecule has 1 aliphatic heterocycles. The van der Waals surface area contributed by atoms with Crippen LogP contribution in [0.15, 0.2) is 48.5 Å². The van der Waals surface area contributed by atoms with E-state index in [2.05, 4.69) is 5.32 Å². The third-order valence-electron chi connectivity index (χ3n) is 4.02. The number of para-hydroxylation sites is 2. The molecule has 25 heavy (non-hydrogen) atoms. The number of aryl methyl sites for hydroxylation is 1. The highest BCUT2D eigenvalue weighted by Crippen LogP contribution is 2.28. The number of ether oxygens (including phenoxy) is 1. The summed E-state index contributed by atoms with van der Waals surface area (Å²) in [6.45, 7) is 1.43. The Balaban J connectivity index is 1.62. The van der Waals surface area contributed by atoms with Crippen molar-refractivity contribution in [3.05, 3.63) is 59.7 Å². The van der Waals surface area contributed by atoms with Crippen LogP contribution in [0.4, 0.5) is 11.4 Å². The van der Waals surface area contributed by atoms with Gasteiger partial charge in [-0.3, -0.25) is 19.3 Å². The molecule has 0 bridgehead atoms. The van der Waals surface area contributed by atoms with E-state index in [-0.39, 0.29) is 18.9 Å². The molecule has 6 nitrogen and oxygen atoms in total. The van der Waals surface area contributed by atoms with Gasteiger partial charge in [0, 0.05) is 0 Å². The van der Waals surface area contributed by atoms with Gasteiger partial charge in [0.25, 0.3) is 5.91 Å². The van der Waals surface area contributed by atoms with Crippen molar-refractivity contribution in [3.63, 3.8) is 0 Å². The Morgan fingerprint density at radius 1 is 1.12 bits per heavy atom. The lowest BCUT2D eigenvalue weighted by Crippen LogP contribution is -2.44. The quantitative estimate of drug-likeness (QED) is 0.866. The molecule has 0 radical (unpaired) electrons. The van der Waals surface area contributed by atoms with Crippen LogP contribution in [0.25, 0.3) is 0 Å². The van der Waals surface area contributed by atoms with Crippen molar-refractivity contribution in [2.45, 2.75) is 13.3 Å². The van der Waals surface area contributed by atoms with Gasteiger partial charge in [0.05, 0.1) is 17.8 Å². The summed E-state index contributed by atoms with van der Waals surface area (Å²) in [5.74, 6) is -1.18. The fourth-order valence-corrected chi connectivity index (χ4v) is 2.69. The van der Waals surface area contributed by atoms with Gasteiger partial charge in [-0.1, -0.05) is 36.4 Å². The highest BCUT2D eigenvalue weighted by atomic mass is 16.5. The number of benzene rings is 2. The second kappa shape index (κ2) is 7.17. The molecule has 6 heteroatoms. The van der Waals surface area contributed by atoms with E-state index in [9.17, 15) is 14.4 Å². The standard InChI is InChI=1S/C19H18N2O4/c1-13-6-2-3-7-14(13)10-19(24)25-12-18(23)21-11-17(22)20-15-8-4-5-9-16(15)21/h2-9H,10-12H2,1H3,(H,20,22). The van der Waals surface area contributed by atoms with Gasteiger partial charge < -0.3 is 10.1 Å². The molecule has 0 saturated heterocycles. The normalized spacial score (nSPS) is 13.0. The predicted molar refractivity (Wildman–Crippen MR) is 93.3 cm³/mol. The molecule has 1 N–H and O–H groups in total. The lowest BCUT2D eigenvalue weighted by atomic mass is 10.1. The lowest BCUT2D eigenvalue weighted by Gasteiger charge is -2.28. The summed E-state index contributed by atoms with van der Waals surface area (Å²) >= 11 is 0. The Morgan fingerprint density at radius 2 is 1.84 bits per heavy atom. The molecule has 0 spiro atoms. The van der Waals surface area contributed by atoms with Gasteiger partial charge in [-0.05, 0) is 30.2 Å². The van der Waals surface area contributed by atoms with Gasteiger partial charge in [0.15, 0.2) is 6.61 Å². The number of nitrogens with one attached hydrogen (secondary N) is 1. The number of anilines is 2. The smallest absolute Gasteiger partial charge is 0.310 e. The van der Waals surface area contributed by atoms with Crippen molar-refractivity contribution >= 4 is 29.2 Å². The molecule has 0 saturated carbocycles. The van der Waals surface area contributed by atoms with E-state index in [1.54, 1.807) is 24.3 Å². The fraction of sp³-hybridized carbons (Fsp3) is 0.211. The summed E-state index contributed by atoms with van der Waals surface area (Å²) in [6.07, 6.45) is 0.108. The molecule has 128 valence electrons. The first-order chi connectivity index (χ1) is 12.0. The molecular weight excluding hydrogens is 320 g/mol. The van der Waals surface area contributed by atoms with E-state index in [1.165, 1.54) is 4.90 Å². The molecule has 1 aliphatic rings. The van der Waals surface area contributed by atoms with Crippen LogP contribution >= 0.6 is 0 Å². The highest BCUT2D eigenvalue weighted by molar-refractivity contribution is 6.10. The Hall–Kier alpha value is -3.15. The van der Waals surface area contributed by atoms with Gasteiger partial charge in [0.2, 0.25) is 5.91 Å². The molecule has 0 fully saturated rings. The van der Waals surface area contributed by atoms with Gasteiger partial charge in [-0.25, -0.2) is 0 Å². The number of carbonyl (C=O) groups is 3. The van der Waals surface area contributed by atoms with Crippen LogP contribution < -0.4 is 10.2 Å². The largest absolute Gasteiger partial charge is 0.455 e. The second-order valence-electron chi connectivity index (χ2n) is 5.81. The van der Waals surface area contributed by atoms with E-state index < -0.39 is 18.5 Å². The minimum Gasteiger partial charge on any atom is -0.455 e. The summed E-state index contributed by atoms with van der Waals surface area (Å²) in [4.78, 5) is 37.5. The van der Waals surface area contributed by atoms with Crippen LogP contribution in [-0.2, 0) is 25.5 Å². The SMILES string of the molecule is Cc1ccccc1CC(=O)OCC(=O)N1CC(=O)Nc2ccccc21. The summed E-state index contributed by atoms with van der Waals surface area (Å²) in [7, 11) is 0. The zero-order valence-corrected chi connectivity index (χ0v) is 13.8. The average molecular weight is 338 g/mol. The Labute approximate surface area is 145 Å². The molecule has 2 aromatic rings. The number of hydrogen-bond acceptors (Lipinski definition) is 4. The van der Waals surface area contributed by atoms with Gasteiger partial charge >= 0.3 is 5.97 Å². The van der Waals surface area contributed by atoms with Crippen molar-refractivity contribution < 1.29 is 19.1 Å². The van der Waals surface area contributed by atoms with Crippen LogP contribution in [0, 0.1) is 6.92 Å². The molecule has 0 aromatic heterocycles. The van der Waals surface area contributed by atoms with E-state index in [4.69, 9.17) is 4.74 Å². The van der Waals surface area contributed by atoms with Crippen molar-refractivity contribution in [3.8, 4) is 0 Å². The molecule has 2 amide bonds. The Morgan fingerprint density at radius 3 is 2.64 bits per heavy atom. The molecule has 0 atom stereocenters. The maximum Gasteiger partial charge on any atom is 0.310 e. The number of amides is 2. The first kappa shape index (κ1) is 16.7. The minimum absolute atomic E-state index is 0.0921. The zero-order valence-electron chi connectivity index (χ0n) is 13.8. The molecule has 0 aliphatic carbocycles. The number of fused-ring (bicyclic) bond motifs is 1. The lowest BCUT2D eigenvalue weighted by molar-refractivity contribution is -0.147. The monoisotopic (exact) mass is 338 g/mol.